The first kappa shape index (κ1) is 12.6. The van der Waals surface area contributed by atoms with Crippen molar-refractivity contribution in [3.05, 3.63) is 65.2 Å². The maximum Gasteiger partial charge on any atom is 0.267 e. The monoisotopic (exact) mass is 267 g/mol. The molecule has 0 aliphatic carbocycles. The first-order chi connectivity index (χ1) is 9.61. The summed E-state index contributed by atoms with van der Waals surface area (Å²) in [6.07, 6.45) is -1.30. The van der Waals surface area contributed by atoms with E-state index in [1.54, 1.807) is 36.4 Å². The van der Waals surface area contributed by atoms with Crippen molar-refractivity contribution in [2.24, 2.45) is 0 Å². The number of aryl methyl sites for hydroxylation is 1. The van der Waals surface area contributed by atoms with Gasteiger partial charge in [-0.25, -0.2) is 4.90 Å². The molecule has 0 spiro atoms. The van der Waals surface area contributed by atoms with E-state index in [-0.39, 0.29) is 0 Å². The van der Waals surface area contributed by atoms with Crippen molar-refractivity contribution in [3.8, 4) is 0 Å². The van der Waals surface area contributed by atoms with Crippen LogP contribution >= 0.6 is 0 Å². The van der Waals surface area contributed by atoms with Gasteiger partial charge in [0, 0.05) is 11.1 Å². The number of hydrogen-bond acceptors (Lipinski definition) is 3. The Hall–Kier alpha value is -2.46. The number of amides is 2. The van der Waals surface area contributed by atoms with E-state index in [2.05, 4.69) is 0 Å². The molecule has 4 nitrogen and oxygen atoms in total. The van der Waals surface area contributed by atoms with Crippen molar-refractivity contribution in [2.75, 3.05) is 4.90 Å². The fourth-order valence-electron chi connectivity index (χ4n) is 2.45. The topological polar surface area (TPSA) is 57.6 Å². The van der Waals surface area contributed by atoms with E-state index in [1.165, 1.54) is 0 Å². The van der Waals surface area contributed by atoms with Gasteiger partial charge in [0.25, 0.3) is 11.8 Å². The van der Waals surface area contributed by atoms with E-state index in [4.69, 9.17) is 0 Å². The van der Waals surface area contributed by atoms with E-state index in [1.807, 2.05) is 19.1 Å². The Kier molecular flexibility index (Phi) is 2.88. The van der Waals surface area contributed by atoms with Gasteiger partial charge in [-0.2, -0.15) is 0 Å². The summed E-state index contributed by atoms with van der Waals surface area (Å²) in [4.78, 5) is 25.9. The molecule has 1 unspecified atom stereocenters. The fraction of sp³-hybridized carbons (Fsp3) is 0.125. The average Bonchev–Trinajstić information content (AvgIpc) is 2.47. The van der Waals surface area contributed by atoms with Gasteiger partial charge in [0.05, 0.1) is 5.69 Å². The molecular formula is C16H13NO3. The van der Waals surface area contributed by atoms with Crippen molar-refractivity contribution in [2.45, 2.75) is 13.0 Å². The lowest BCUT2D eigenvalue weighted by molar-refractivity contribution is -0.126. The third-order valence-electron chi connectivity index (χ3n) is 3.50. The van der Waals surface area contributed by atoms with Crippen LogP contribution in [0.2, 0.25) is 0 Å². The molecule has 1 N–H and O–H groups in total. The molecule has 1 aliphatic heterocycles. The summed E-state index contributed by atoms with van der Waals surface area (Å²) in [6.45, 7) is 1.82. The lowest BCUT2D eigenvalue weighted by Gasteiger charge is -2.30. The third kappa shape index (κ3) is 1.73. The summed E-state index contributed by atoms with van der Waals surface area (Å²) in [5, 5.41) is 10.1. The zero-order chi connectivity index (χ0) is 14.3. The van der Waals surface area contributed by atoms with Crippen molar-refractivity contribution in [1.82, 2.24) is 0 Å². The molecule has 3 rings (SSSR count). The number of benzene rings is 2. The highest BCUT2D eigenvalue weighted by Gasteiger charge is 2.38. The molecule has 0 saturated heterocycles. The van der Waals surface area contributed by atoms with Gasteiger partial charge in [-0.05, 0) is 24.6 Å². The molecule has 0 bridgehead atoms. The molecule has 1 heterocycles. The summed E-state index contributed by atoms with van der Waals surface area (Å²) in [6, 6.07) is 13.8. The quantitative estimate of drug-likeness (QED) is 0.806. The molecule has 20 heavy (non-hydrogen) atoms. The smallest absolute Gasteiger partial charge is 0.267 e. The van der Waals surface area contributed by atoms with E-state index < -0.39 is 17.9 Å². The van der Waals surface area contributed by atoms with E-state index in [0.29, 0.717) is 16.8 Å². The summed E-state index contributed by atoms with van der Waals surface area (Å²) >= 11 is 0. The molecule has 2 aromatic carbocycles. The van der Waals surface area contributed by atoms with Gasteiger partial charge >= 0.3 is 0 Å². The number of aliphatic hydroxyl groups is 1. The number of anilines is 1. The number of aliphatic hydroxyl groups excluding tert-OH is 1. The summed E-state index contributed by atoms with van der Waals surface area (Å²) in [5.74, 6) is -1.01. The highest BCUT2D eigenvalue weighted by molar-refractivity contribution is 6.25. The molecule has 0 radical (unpaired) electrons. The molecular weight excluding hydrogens is 254 g/mol. The number of hydrogen-bond donors (Lipinski definition) is 1. The second-order valence-corrected chi connectivity index (χ2v) is 4.76. The van der Waals surface area contributed by atoms with E-state index in [9.17, 15) is 14.7 Å². The number of fused-ring (bicyclic) bond motifs is 1. The van der Waals surface area contributed by atoms with Crippen LogP contribution in [0.4, 0.5) is 5.69 Å². The Labute approximate surface area is 116 Å². The zero-order valence-electron chi connectivity index (χ0n) is 10.9. The van der Waals surface area contributed by atoms with Gasteiger partial charge < -0.3 is 5.11 Å². The molecule has 0 aromatic heterocycles. The Balaban J connectivity index is 2.18. The van der Waals surface area contributed by atoms with Crippen LogP contribution in [0.1, 0.15) is 27.6 Å². The van der Waals surface area contributed by atoms with Crippen LogP contribution in [0.5, 0.6) is 0 Å². The number of para-hydroxylation sites is 1. The first-order valence-corrected chi connectivity index (χ1v) is 6.32. The molecule has 0 saturated carbocycles. The van der Waals surface area contributed by atoms with Crippen molar-refractivity contribution in [3.63, 3.8) is 0 Å². The lowest BCUT2D eigenvalue weighted by Crippen LogP contribution is -2.45. The van der Waals surface area contributed by atoms with Crippen LogP contribution in [0.15, 0.2) is 48.5 Å². The molecule has 4 heteroatoms. The minimum atomic E-state index is -1.30. The molecule has 100 valence electrons. The molecule has 2 aromatic rings. The highest BCUT2D eigenvalue weighted by Crippen LogP contribution is 2.32. The largest absolute Gasteiger partial charge is 0.378 e. The number of rotatable bonds is 1. The maximum atomic E-state index is 12.5. The maximum absolute atomic E-state index is 12.5. The number of imide groups is 1. The molecule has 0 fully saturated rings. The Morgan fingerprint density at radius 2 is 1.65 bits per heavy atom. The molecule has 1 aliphatic rings. The second kappa shape index (κ2) is 4.58. The van der Waals surface area contributed by atoms with Gasteiger partial charge in [-0.15, -0.1) is 0 Å². The van der Waals surface area contributed by atoms with Gasteiger partial charge in [0.2, 0.25) is 0 Å². The zero-order valence-corrected chi connectivity index (χ0v) is 10.9. The van der Waals surface area contributed by atoms with Crippen LogP contribution in [0, 0.1) is 6.92 Å². The van der Waals surface area contributed by atoms with E-state index >= 15 is 0 Å². The van der Waals surface area contributed by atoms with Crippen LogP contribution in [-0.2, 0) is 4.79 Å². The van der Waals surface area contributed by atoms with Crippen LogP contribution in [0.3, 0.4) is 0 Å². The normalized spacial score (nSPS) is 18.1. The predicted molar refractivity (Wildman–Crippen MR) is 74.4 cm³/mol. The summed E-state index contributed by atoms with van der Waals surface area (Å²) in [5.41, 5.74) is 2.05. The highest BCUT2D eigenvalue weighted by atomic mass is 16.3. The van der Waals surface area contributed by atoms with Gasteiger partial charge in [-0.1, -0.05) is 36.4 Å². The average molecular weight is 267 g/mol. The van der Waals surface area contributed by atoms with Gasteiger partial charge in [-0.3, -0.25) is 9.59 Å². The fourth-order valence-corrected chi connectivity index (χ4v) is 2.45. The summed E-state index contributed by atoms with van der Waals surface area (Å²) < 4.78 is 0. The van der Waals surface area contributed by atoms with Crippen molar-refractivity contribution in [1.29, 1.82) is 0 Å². The molecule has 1 atom stereocenters. The predicted octanol–water partition coefficient (Wildman–Crippen LogP) is 2.22. The van der Waals surface area contributed by atoms with Crippen LogP contribution < -0.4 is 4.90 Å². The third-order valence-corrected chi connectivity index (χ3v) is 3.50. The minimum Gasteiger partial charge on any atom is -0.378 e. The second-order valence-electron chi connectivity index (χ2n) is 4.76. The minimum absolute atomic E-state index is 0.364. The number of carbonyl (C=O) groups is 2. The lowest BCUT2D eigenvalue weighted by atomic mass is 9.95. The first-order valence-electron chi connectivity index (χ1n) is 6.32. The SMILES string of the molecule is Cc1ccccc1N1C(=O)c2ccccc2C(O)C1=O. The Morgan fingerprint density at radius 3 is 2.40 bits per heavy atom. The Morgan fingerprint density at radius 1 is 1.00 bits per heavy atom. The van der Waals surface area contributed by atoms with Crippen molar-refractivity contribution >= 4 is 17.5 Å². The van der Waals surface area contributed by atoms with Crippen LogP contribution in [0.25, 0.3) is 0 Å². The van der Waals surface area contributed by atoms with Crippen molar-refractivity contribution < 1.29 is 14.7 Å². The van der Waals surface area contributed by atoms with Crippen LogP contribution in [-0.4, -0.2) is 16.9 Å². The summed E-state index contributed by atoms with van der Waals surface area (Å²) in [7, 11) is 0. The van der Waals surface area contributed by atoms with E-state index in [0.717, 1.165) is 10.5 Å². The Bertz CT molecular complexity index is 708. The van der Waals surface area contributed by atoms with Gasteiger partial charge in [0.15, 0.2) is 6.10 Å². The standard InChI is InChI=1S/C16H13NO3/c1-10-6-2-5-9-13(10)17-15(19)12-8-4-3-7-11(12)14(18)16(17)20/h2-9,14,18H,1H3. The number of carbonyl (C=O) groups excluding carboxylic acids is 2. The molecule has 2 amide bonds. The number of nitrogens with zero attached hydrogens (tertiary/aromatic N) is 1. The van der Waals surface area contributed by atoms with Gasteiger partial charge in [0.1, 0.15) is 0 Å².